The van der Waals surface area contributed by atoms with E-state index in [4.69, 9.17) is 4.74 Å². The maximum absolute atomic E-state index is 12.7. The number of carbonyl (C=O) groups excluding carboxylic acids is 1. The zero-order valence-electron chi connectivity index (χ0n) is 14.9. The van der Waals surface area contributed by atoms with E-state index in [9.17, 15) is 13.2 Å². The summed E-state index contributed by atoms with van der Waals surface area (Å²) in [6.45, 7) is 6.00. The van der Waals surface area contributed by atoms with Gasteiger partial charge >= 0.3 is 5.97 Å². The third kappa shape index (κ3) is 3.86. The lowest BCUT2D eigenvalue weighted by atomic mass is 10.2. The van der Waals surface area contributed by atoms with Gasteiger partial charge in [0.05, 0.1) is 27.8 Å². The topological polar surface area (TPSA) is 77.7 Å². The fourth-order valence-corrected chi connectivity index (χ4v) is 4.84. The summed E-state index contributed by atoms with van der Waals surface area (Å²) >= 11 is 1.19. The Morgan fingerprint density at radius 2 is 1.96 bits per heavy atom. The first-order valence-electron chi connectivity index (χ1n) is 8.06. The summed E-state index contributed by atoms with van der Waals surface area (Å²) in [5.74, 6) is -0.452. The first-order chi connectivity index (χ1) is 12.9. The Morgan fingerprint density at radius 1 is 1.26 bits per heavy atom. The number of esters is 1. The maximum atomic E-state index is 12.7. The average molecular weight is 402 g/mol. The number of methoxy groups -OCH3 is 1. The molecule has 0 unspecified atom stereocenters. The predicted octanol–water partition coefficient (Wildman–Crippen LogP) is 3.27. The number of aryl methyl sites for hydroxylation is 1. The van der Waals surface area contributed by atoms with Crippen LogP contribution in [0, 0.1) is 6.92 Å². The number of thiazole rings is 1. The Hall–Kier alpha value is -2.71. The molecule has 1 heterocycles. The number of hydrogen-bond donors (Lipinski definition) is 0. The highest BCUT2D eigenvalue weighted by Gasteiger charge is 2.15. The van der Waals surface area contributed by atoms with Crippen molar-refractivity contribution < 1.29 is 17.9 Å². The largest absolute Gasteiger partial charge is 0.465 e. The molecule has 1 aromatic heterocycles. The number of nitrogens with zero attached hydrogens (tertiary/aromatic N) is 2. The van der Waals surface area contributed by atoms with Crippen LogP contribution in [0.25, 0.3) is 10.2 Å². The molecule has 140 valence electrons. The van der Waals surface area contributed by atoms with Crippen molar-refractivity contribution in [3.05, 3.63) is 71.0 Å². The Bertz CT molecular complexity index is 1190. The van der Waals surface area contributed by atoms with Gasteiger partial charge in [-0.15, -0.1) is 11.0 Å². The van der Waals surface area contributed by atoms with E-state index in [0.717, 1.165) is 15.8 Å². The summed E-state index contributed by atoms with van der Waals surface area (Å²) in [6, 6.07) is 11.6. The second kappa shape index (κ2) is 7.50. The van der Waals surface area contributed by atoms with Crippen molar-refractivity contribution >= 4 is 37.5 Å². The van der Waals surface area contributed by atoms with E-state index in [-0.39, 0.29) is 4.90 Å². The Balaban J connectivity index is 2.21. The number of fused-ring (bicyclic) bond motifs is 1. The van der Waals surface area contributed by atoms with Crippen molar-refractivity contribution in [2.45, 2.75) is 18.4 Å². The van der Waals surface area contributed by atoms with E-state index in [1.165, 1.54) is 30.6 Å². The molecular weight excluding hydrogens is 384 g/mol. The third-order valence-corrected chi connectivity index (χ3v) is 6.37. The van der Waals surface area contributed by atoms with Gasteiger partial charge in [0, 0.05) is 6.54 Å². The molecule has 0 N–H and O–H groups in total. The van der Waals surface area contributed by atoms with E-state index in [1.54, 1.807) is 41.0 Å². The monoisotopic (exact) mass is 402 g/mol. The summed E-state index contributed by atoms with van der Waals surface area (Å²) in [4.78, 5) is 12.2. The molecule has 0 atom stereocenters. The third-order valence-electron chi connectivity index (χ3n) is 3.93. The molecule has 0 bridgehead atoms. The van der Waals surface area contributed by atoms with Crippen LogP contribution in [0.15, 0.2) is 64.4 Å². The summed E-state index contributed by atoms with van der Waals surface area (Å²) in [5.41, 5.74) is 2.13. The second-order valence-electron chi connectivity index (χ2n) is 5.84. The van der Waals surface area contributed by atoms with E-state index in [0.29, 0.717) is 16.9 Å². The molecule has 0 aliphatic carbocycles. The van der Waals surface area contributed by atoms with E-state index in [1.807, 2.05) is 6.92 Å². The minimum absolute atomic E-state index is 0.131. The molecule has 0 aliphatic heterocycles. The van der Waals surface area contributed by atoms with E-state index >= 15 is 0 Å². The van der Waals surface area contributed by atoms with Crippen LogP contribution in [-0.2, 0) is 21.3 Å². The molecule has 0 fully saturated rings. The Labute approximate surface area is 161 Å². The normalized spacial score (nSPS) is 12.3. The lowest BCUT2D eigenvalue weighted by molar-refractivity contribution is 0.0601. The van der Waals surface area contributed by atoms with Crippen LogP contribution in [-0.4, -0.2) is 26.1 Å². The summed E-state index contributed by atoms with van der Waals surface area (Å²) in [7, 11) is -2.55. The molecule has 3 aromatic rings. The van der Waals surface area contributed by atoms with Gasteiger partial charge in [0.15, 0.2) is 0 Å². The first kappa shape index (κ1) is 19.1. The fourth-order valence-electron chi connectivity index (χ4n) is 2.56. The summed E-state index contributed by atoms with van der Waals surface area (Å²) < 4.78 is 36.6. The van der Waals surface area contributed by atoms with Crippen molar-refractivity contribution in [2.24, 2.45) is 4.40 Å². The molecule has 8 heteroatoms. The van der Waals surface area contributed by atoms with Gasteiger partial charge in [-0.1, -0.05) is 35.1 Å². The van der Waals surface area contributed by atoms with Crippen molar-refractivity contribution in [1.29, 1.82) is 0 Å². The minimum atomic E-state index is -3.86. The highest BCUT2D eigenvalue weighted by molar-refractivity contribution is 7.90. The highest BCUT2D eigenvalue weighted by Crippen LogP contribution is 2.21. The number of carbonyl (C=O) groups is 1. The summed E-state index contributed by atoms with van der Waals surface area (Å²) in [5, 5.41) is 0. The molecule has 2 aromatic carbocycles. The lowest BCUT2D eigenvalue weighted by Crippen LogP contribution is -2.16. The molecule has 0 radical (unpaired) electrons. The molecule has 0 saturated heterocycles. The van der Waals surface area contributed by atoms with Crippen molar-refractivity contribution in [2.75, 3.05) is 7.11 Å². The van der Waals surface area contributed by atoms with Crippen LogP contribution in [0.1, 0.15) is 15.9 Å². The number of rotatable bonds is 5. The first-order valence-corrected chi connectivity index (χ1v) is 10.3. The smallest absolute Gasteiger partial charge is 0.337 e. The van der Waals surface area contributed by atoms with Crippen LogP contribution in [0.5, 0.6) is 0 Å². The van der Waals surface area contributed by atoms with Crippen molar-refractivity contribution in [3.8, 4) is 0 Å². The zero-order valence-corrected chi connectivity index (χ0v) is 16.5. The molecule has 0 saturated carbocycles. The standard InChI is InChI=1S/C19H18N2O4S2/c1-4-11-21-16-10-7-14(18(22)25-3)12-17(16)26-19(21)20-27(23,24)15-8-5-13(2)6-9-15/h4-10,12H,1,11H2,2-3H3/b20-19-. The number of hydrogen-bond acceptors (Lipinski definition) is 5. The minimum Gasteiger partial charge on any atom is -0.465 e. The van der Waals surface area contributed by atoms with Gasteiger partial charge in [-0.3, -0.25) is 0 Å². The van der Waals surface area contributed by atoms with E-state index < -0.39 is 16.0 Å². The molecule has 0 amide bonds. The molecule has 0 aliphatic rings. The van der Waals surface area contributed by atoms with Crippen LogP contribution in [0.2, 0.25) is 0 Å². The maximum Gasteiger partial charge on any atom is 0.337 e. The molecule has 27 heavy (non-hydrogen) atoms. The van der Waals surface area contributed by atoms with Gasteiger partial charge in [0.1, 0.15) is 0 Å². The molecule has 6 nitrogen and oxygen atoms in total. The quantitative estimate of drug-likeness (QED) is 0.485. The van der Waals surface area contributed by atoms with Gasteiger partial charge in [-0.25, -0.2) is 4.79 Å². The van der Waals surface area contributed by atoms with E-state index in [2.05, 4.69) is 11.0 Å². The van der Waals surface area contributed by atoms with Crippen LogP contribution in [0.3, 0.4) is 0 Å². The molecule has 0 spiro atoms. The van der Waals surface area contributed by atoms with Crippen LogP contribution >= 0.6 is 11.3 Å². The summed E-state index contributed by atoms with van der Waals surface area (Å²) in [6.07, 6.45) is 1.66. The van der Waals surface area contributed by atoms with Crippen molar-refractivity contribution in [1.82, 2.24) is 4.57 Å². The predicted molar refractivity (Wildman–Crippen MR) is 105 cm³/mol. The number of ether oxygens (including phenoxy) is 1. The van der Waals surface area contributed by atoms with Crippen molar-refractivity contribution in [3.63, 3.8) is 0 Å². The lowest BCUT2D eigenvalue weighted by Gasteiger charge is -2.03. The number of benzene rings is 2. The van der Waals surface area contributed by atoms with Gasteiger partial charge in [-0.2, -0.15) is 8.42 Å². The van der Waals surface area contributed by atoms with Gasteiger partial charge < -0.3 is 9.30 Å². The molecule has 3 rings (SSSR count). The average Bonchev–Trinajstić information content (AvgIpc) is 2.97. The number of allylic oxidation sites excluding steroid dienone is 1. The van der Waals surface area contributed by atoms with Crippen LogP contribution in [0.4, 0.5) is 0 Å². The fraction of sp³-hybridized carbons (Fsp3) is 0.158. The highest BCUT2D eigenvalue weighted by atomic mass is 32.2. The van der Waals surface area contributed by atoms with Crippen LogP contribution < -0.4 is 4.80 Å². The van der Waals surface area contributed by atoms with Gasteiger partial charge in [0.25, 0.3) is 10.0 Å². The number of aromatic nitrogens is 1. The zero-order chi connectivity index (χ0) is 19.6. The molecular formula is C19H18N2O4S2. The Kier molecular flexibility index (Phi) is 5.29. The van der Waals surface area contributed by atoms with Gasteiger partial charge in [0.2, 0.25) is 4.80 Å². The SMILES string of the molecule is C=CCn1/c(=N/S(=O)(=O)c2ccc(C)cc2)sc2cc(C(=O)OC)ccc21. The Morgan fingerprint density at radius 3 is 2.59 bits per heavy atom. The van der Waals surface area contributed by atoms with Gasteiger partial charge in [-0.05, 0) is 37.3 Å². The second-order valence-corrected chi connectivity index (χ2v) is 8.45. The number of sulfonamides is 1.